The molecule has 5 heteroatoms. The standard InChI is InChI=1S/C26H28FNO3/c1-28(18-19-9-3-2-4-10-19)22-13-8-16-25(26(22)29)31-24-15-6-5-14-23(24)30-21-12-7-11-20(27)17-21/h2-7,9-12,14-15,17,22,25-26,29H,8,13,16,18H2,1H3/t22-,25-,26-/m1/s1. The van der Waals surface area contributed by atoms with Crippen LogP contribution in [0.3, 0.4) is 0 Å². The van der Waals surface area contributed by atoms with Crippen LogP contribution in [0.25, 0.3) is 0 Å². The average Bonchev–Trinajstić information content (AvgIpc) is 2.77. The van der Waals surface area contributed by atoms with Crippen LogP contribution in [0.15, 0.2) is 78.9 Å². The lowest BCUT2D eigenvalue weighted by Crippen LogP contribution is -2.51. The van der Waals surface area contributed by atoms with Gasteiger partial charge in [0.05, 0.1) is 0 Å². The molecular formula is C26H28FNO3. The summed E-state index contributed by atoms with van der Waals surface area (Å²) in [5.74, 6) is 1.09. The maximum Gasteiger partial charge on any atom is 0.169 e. The van der Waals surface area contributed by atoms with Gasteiger partial charge in [-0.15, -0.1) is 0 Å². The largest absolute Gasteiger partial charge is 0.484 e. The first-order valence-electron chi connectivity index (χ1n) is 10.7. The Labute approximate surface area is 182 Å². The van der Waals surface area contributed by atoms with Crippen molar-refractivity contribution < 1.29 is 19.0 Å². The fourth-order valence-corrected chi connectivity index (χ4v) is 4.17. The van der Waals surface area contributed by atoms with E-state index in [1.54, 1.807) is 18.2 Å². The zero-order chi connectivity index (χ0) is 21.6. The summed E-state index contributed by atoms with van der Waals surface area (Å²) in [6, 6.07) is 23.6. The molecule has 3 atom stereocenters. The number of benzene rings is 3. The lowest BCUT2D eigenvalue weighted by molar-refractivity contribution is -0.0496. The number of aliphatic hydroxyl groups excluding tert-OH is 1. The van der Waals surface area contributed by atoms with E-state index in [2.05, 4.69) is 17.0 Å². The van der Waals surface area contributed by atoms with Crippen molar-refractivity contribution in [2.24, 2.45) is 0 Å². The molecule has 1 saturated carbocycles. The fraction of sp³-hybridized carbons (Fsp3) is 0.308. The van der Waals surface area contributed by atoms with Crippen LogP contribution in [0.5, 0.6) is 17.2 Å². The Bertz CT molecular complexity index is 981. The highest BCUT2D eigenvalue weighted by molar-refractivity contribution is 5.43. The summed E-state index contributed by atoms with van der Waals surface area (Å²) < 4.78 is 25.6. The third kappa shape index (κ3) is 5.43. The molecule has 0 bridgehead atoms. The van der Waals surface area contributed by atoms with E-state index in [0.717, 1.165) is 25.8 Å². The van der Waals surface area contributed by atoms with Gasteiger partial charge in [0, 0.05) is 18.7 Å². The minimum Gasteiger partial charge on any atom is -0.484 e. The third-order valence-electron chi connectivity index (χ3n) is 5.76. The molecule has 162 valence electrons. The molecule has 1 aliphatic rings. The molecular weight excluding hydrogens is 393 g/mol. The lowest BCUT2D eigenvalue weighted by Gasteiger charge is -2.39. The van der Waals surface area contributed by atoms with Crippen LogP contribution in [0.1, 0.15) is 24.8 Å². The van der Waals surface area contributed by atoms with Gasteiger partial charge in [-0.1, -0.05) is 48.5 Å². The molecule has 1 aliphatic carbocycles. The van der Waals surface area contributed by atoms with E-state index in [4.69, 9.17) is 9.47 Å². The molecule has 4 nitrogen and oxygen atoms in total. The van der Waals surface area contributed by atoms with Gasteiger partial charge in [0.1, 0.15) is 23.8 Å². The van der Waals surface area contributed by atoms with Crippen LogP contribution < -0.4 is 9.47 Å². The quantitative estimate of drug-likeness (QED) is 0.554. The maximum atomic E-state index is 13.5. The predicted octanol–water partition coefficient (Wildman–Crippen LogP) is 5.41. The second kappa shape index (κ2) is 9.94. The van der Waals surface area contributed by atoms with E-state index in [1.807, 2.05) is 43.4 Å². The summed E-state index contributed by atoms with van der Waals surface area (Å²) in [5.41, 5.74) is 1.22. The Morgan fingerprint density at radius 3 is 2.45 bits per heavy atom. The molecule has 0 aromatic heterocycles. The number of rotatable bonds is 7. The topological polar surface area (TPSA) is 41.9 Å². The van der Waals surface area contributed by atoms with Gasteiger partial charge in [-0.2, -0.15) is 0 Å². The van der Waals surface area contributed by atoms with Gasteiger partial charge in [-0.3, -0.25) is 4.90 Å². The number of hydrogen-bond donors (Lipinski definition) is 1. The van der Waals surface area contributed by atoms with E-state index in [-0.39, 0.29) is 18.0 Å². The first-order chi connectivity index (χ1) is 15.1. The molecule has 0 aliphatic heterocycles. The molecule has 3 aromatic rings. The van der Waals surface area contributed by atoms with Gasteiger partial charge >= 0.3 is 0 Å². The molecule has 3 aromatic carbocycles. The van der Waals surface area contributed by atoms with E-state index in [0.29, 0.717) is 17.2 Å². The highest BCUT2D eigenvalue weighted by atomic mass is 19.1. The normalized spacial score (nSPS) is 21.1. The monoisotopic (exact) mass is 421 g/mol. The zero-order valence-corrected chi connectivity index (χ0v) is 17.7. The minimum absolute atomic E-state index is 0.00950. The molecule has 4 rings (SSSR count). The van der Waals surface area contributed by atoms with Crippen molar-refractivity contribution in [1.29, 1.82) is 0 Å². The number of aliphatic hydroxyl groups is 1. The number of nitrogens with zero attached hydrogens (tertiary/aromatic N) is 1. The van der Waals surface area contributed by atoms with Crippen LogP contribution in [-0.2, 0) is 6.54 Å². The Kier molecular flexibility index (Phi) is 6.85. The molecule has 0 heterocycles. The summed E-state index contributed by atoms with van der Waals surface area (Å²) in [6.07, 6.45) is 1.70. The van der Waals surface area contributed by atoms with Crippen LogP contribution >= 0.6 is 0 Å². The lowest BCUT2D eigenvalue weighted by atomic mass is 9.88. The molecule has 0 spiro atoms. The van der Waals surface area contributed by atoms with Crippen molar-refractivity contribution in [2.45, 2.75) is 44.1 Å². The molecule has 0 unspecified atom stereocenters. The molecule has 31 heavy (non-hydrogen) atoms. The first kappa shape index (κ1) is 21.3. The van der Waals surface area contributed by atoms with Crippen LogP contribution in [-0.4, -0.2) is 35.3 Å². The molecule has 1 N–H and O–H groups in total. The van der Waals surface area contributed by atoms with Gasteiger partial charge in [0.15, 0.2) is 11.5 Å². The van der Waals surface area contributed by atoms with Gasteiger partial charge < -0.3 is 14.6 Å². The van der Waals surface area contributed by atoms with Crippen molar-refractivity contribution in [2.75, 3.05) is 7.05 Å². The Morgan fingerprint density at radius 2 is 1.68 bits per heavy atom. The van der Waals surface area contributed by atoms with Gasteiger partial charge in [-0.05, 0) is 56.1 Å². The van der Waals surface area contributed by atoms with Crippen LogP contribution in [0.2, 0.25) is 0 Å². The maximum absolute atomic E-state index is 13.5. The molecule has 0 saturated heterocycles. The predicted molar refractivity (Wildman–Crippen MR) is 119 cm³/mol. The minimum atomic E-state index is -0.621. The highest BCUT2D eigenvalue weighted by Gasteiger charge is 2.36. The highest BCUT2D eigenvalue weighted by Crippen LogP contribution is 2.35. The summed E-state index contributed by atoms with van der Waals surface area (Å²) in [7, 11) is 2.05. The van der Waals surface area contributed by atoms with Crippen molar-refractivity contribution in [3.05, 3.63) is 90.2 Å². The van der Waals surface area contributed by atoms with E-state index in [9.17, 15) is 9.50 Å². The Hall–Kier alpha value is -2.89. The van der Waals surface area contributed by atoms with Crippen molar-refractivity contribution in [1.82, 2.24) is 4.90 Å². The van der Waals surface area contributed by atoms with Crippen molar-refractivity contribution >= 4 is 0 Å². The average molecular weight is 422 g/mol. The third-order valence-corrected chi connectivity index (χ3v) is 5.76. The first-order valence-corrected chi connectivity index (χ1v) is 10.7. The van der Waals surface area contributed by atoms with Gasteiger partial charge in [0.25, 0.3) is 0 Å². The van der Waals surface area contributed by atoms with Crippen LogP contribution in [0.4, 0.5) is 4.39 Å². The van der Waals surface area contributed by atoms with E-state index >= 15 is 0 Å². The summed E-state index contributed by atoms with van der Waals surface area (Å²) >= 11 is 0. The SMILES string of the molecule is CN(Cc1ccccc1)[C@@H]1CCC[C@@H](Oc2ccccc2Oc2cccc(F)c2)[C@@H]1O. The zero-order valence-electron chi connectivity index (χ0n) is 17.7. The molecule has 0 amide bonds. The fourth-order valence-electron chi connectivity index (χ4n) is 4.17. The number of para-hydroxylation sites is 2. The van der Waals surface area contributed by atoms with E-state index < -0.39 is 6.10 Å². The van der Waals surface area contributed by atoms with E-state index in [1.165, 1.54) is 17.7 Å². The van der Waals surface area contributed by atoms with Crippen molar-refractivity contribution in [3.63, 3.8) is 0 Å². The number of halogens is 1. The van der Waals surface area contributed by atoms with Crippen LogP contribution in [0, 0.1) is 5.82 Å². The van der Waals surface area contributed by atoms with Gasteiger partial charge in [0.2, 0.25) is 0 Å². The Balaban J connectivity index is 1.45. The summed E-state index contributed by atoms with van der Waals surface area (Å²) in [5, 5.41) is 11.1. The number of likely N-dealkylation sites (N-methyl/N-ethyl adjacent to an activating group) is 1. The molecule has 0 radical (unpaired) electrons. The second-order valence-electron chi connectivity index (χ2n) is 8.05. The molecule has 1 fully saturated rings. The van der Waals surface area contributed by atoms with Gasteiger partial charge in [-0.25, -0.2) is 4.39 Å². The summed E-state index contributed by atoms with van der Waals surface area (Å²) in [6.45, 7) is 0.772. The smallest absolute Gasteiger partial charge is 0.169 e. The number of hydrogen-bond acceptors (Lipinski definition) is 4. The Morgan fingerprint density at radius 1 is 0.935 bits per heavy atom. The second-order valence-corrected chi connectivity index (χ2v) is 8.05. The summed E-state index contributed by atoms with van der Waals surface area (Å²) in [4.78, 5) is 2.20. The number of ether oxygens (including phenoxy) is 2. The van der Waals surface area contributed by atoms with Crippen molar-refractivity contribution in [3.8, 4) is 17.2 Å².